The summed E-state index contributed by atoms with van der Waals surface area (Å²) >= 11 is 1.65. The number of benzene rings is 1. The normalized spacial score (nSPS) is 10.8. The average Bonchev–Trinajstić information content (AvgIpc) is 2.84. The molecule has 0 amide bonds. The largest absolute Gasteiger partial charge is 0.488 e. The van der Waals surface area contributed by atoms with Crippen molar-refractivity contribution in [3.8, 4) is 5.75 Å². The molecule has 1 aromatic carbocycles. The molecule has 0 radical (unpaired) electrons. The summed E-state index contributed by atoms with van der Waals surface area (Å²) in [5.74, 6) is -0.190. The van der Waals surface area contributed by atoms with E-state index in [9.17, 15) is 4.39 Å². The summed E-state index contributed by atoms with van der Waals surface area (Å²) in [4.78, 5) is 1.99. The molecule has 20 heavy (non-hydrogen) atoms. The Morgan fingerprint density at radius 3 is 2.75 bits per heavy atom. The summed E-state index contributed by atoms with van der Waals surface area (Å²) < 4.78 is 19.3. The lowest BCUT2D eigenvalue weighted by molar-refractivity contribution is 0.231. The monoisotopic (exact) mass is 294 g/mol. The van der Waals surface area contributed by atoms with Crippen molar-refractivity contribution in [1.29, 1.82) is 0 Å². The maximum Gasteiger partial charge on any atom is 0.167 e. The molecule has 0 aliphatic rings. The van der Waals surface area contributed by atoms with Gasteiger partial charge in [0.15, 0.2) is 11.6 Å². The zero-order valence-electron chi connectivity index (χ0n) is 11.9. The van der Waals surface area contributed by atoms with Gasteiger partial charge in [0.1, 0.15) is 0 Å². The Labute approximate surface area is 122 Å². The molecule has 3 nitrogen and oxygen atoms in total. The maximum absolute atomic E-state index is 13.8. The summed E-state index contributed by atoms with van der Waals surface area (Å²) in [6.07, 6.45) is -0.0804. The predicted octanol–water partition coefficient (Wildman–Crippen LogP) is 3.89. The molecule has 0 aliphatic carbocycles. The Hall–Kier alpha value is -1.75. The number of nitrogen functional groups attached to an aromatic ring is 1. The summed E-state index contributed by atoms with van der Waals surface area (Å²) in [7, 11) is 1.93. The van der Waals surface area contributed by atoms with Crippen molar-refractivity contribution in [2.75, 3.05) is 17.7 Å². The van der Waals surface area contributed by atoms with Gasteiger partial charge < -0.3 is 15.4 Å². The molecule has 0 saturated heterocycles. The molecule has 108 valence electrons. The van der Waals surface area contributed by atoms with Crippen LogP contribution in [-0.4, -0.2) is 13.2 Å². The number of hydrogen-bond donors (Lipinski definition) is 1. The van der Waals surface area contributed by atoms with Crippen LogP contribution in [0.15, 0.2) is 29.0 Å². The third-order valence-electron chi connectivity index (χ3n) is 2.85. The van der Waals surface area contributed by atoms with Crippen molar-refractivity contribution in [3.63, 3.8) is 0 Å². The molecular weight excluding hydrogens is 275 g/mol. The predicted molar refractivity (Wildman–Crippen MR) is 83.0 cm³/mol. The van der Waals surface area contributed by atoms with Crippen molar-refractivity contribution in [2.45, 2.75) is 26.5 Å². The summed E-state index contributed by atoms with van der Waals surface area (Å²) in [5, 5.41) is 4.12. The van der Waals surface area contributed by atoms with Gasteiger partial charge >= 0.3 is 0 Å². The summed E-state index contributed by atoms with van der Waals surface area (Å²) in [6, 6.07) is 5.04. The fourth-order valence-electron chi connectivity index (χ4n) is 1.97. The van der Waals surface area contributed by atoms with Crippen LogP contribution in [0.5, 0.6) is 5.75 Å². The first-order valence-corrected chi connectivity index (χ1v) is 7.39. The standard InChI is InChI=1S/C15H19FN2OS/c1-10(2)19-15-7-14(13(17)6-12(15)16)18(3)8-11-4-5-20-9-11/h4-7,9-10H,8,17H2,1-3H3. The number of thiophene rings is 1. The molecule has 2 N–H and O–H groups in total. The molecule has 1 heterocycles. The number of hydrogen-bond acceptors (Lipinski definition) is 4. The first kappa shape index (κ1) is 14.7. The van der Waals surface area contributed by atoms with E-state index in [2.05, 4.69) is 11.4 Å². The van der Waals surface area contributed by atoms with E-state index in [-0.39, 0.29) is 11.9 Å². The highest BCUT2D eigenvalue weighted by atomic mass is 32.1. The van der Waals surface area contributed by atoms with E-state index < -0.39 is 5.82 Å². The topological polar surface area (TPSA) is 38.5 Å². The van der Waals surface area contributed by atoms with Crippen LogP contribution in [0.1, 0.15) is 19.4 Å². The van der Waals surface area contributed by atoms with E-state index in [1.54, 1.807) is 17.4 Å². The number of nitrogens with zero attached hydrogens (tertiary/aromatic N) is 1. The van der Waals surface area contributed by atoms with Crippen LogP contribution in [0.2, 0.25) is 0 Å². The Balaban J connectivity index is 2.25. The van der Waals surface area contributed by atoms with E-state index in [4.69, 9.17) is 10.5 Å². The second kappa shape index (κ2) is 6.13. The molecular formula is C15H19FN2OS. The smallest absolute Gasteiger partial charge is 0.167 e. The zero-order valence-corrected chi connectivity index (χ0v) is 12.7. The Kier molecular flexibility index (Phi) is 4.49. The average molecular weight is 294 g/mol. The highest BCUT2D eigenvalue weighted by Crippen LogP contribution is 2.32. The molecule has 0 atom stereocenters. The number of rotatable bonds is 5. The number of anilines is 2. The van der Waals surface area contributed by atoms with Gasteiger partial charge in [0.25, 0.3) is 0 Å². The molecule has 0 aliphatic heterocycles. The number of halogens is 1. The zero-order chi connectivity index (χ0) is 14.7. The molecule has 0 spiro atoms. The minimum atomic E-state index is -0.427. The van der Waals surface area contributed by atoms with Crippen LogP contribution in [0.4, 0.5) is 15.8 Å². The highest BCUT2D eigenvalue weighted by molar-refractivity contribution is 7.07. The summed E-state index contributed by atoms with van der Waals surface area (Å²) in [5.41, 5.74) is 8.30. The molecule has 0 bridgehead atoms. The first-order valence-electron chi connectivity index (χ1n) is 6.45. The van der Waals surface area contributed by atoms with E-state index in [0.29, 0.717) is 5.69 Å². The van der Waals surface area contributed by atoms with E-state index in [1.807, 2.05) is 31.2 Å². The first-order chi connectivity index (χ1) is 9.47. The lowest BCUT2D eigenvalue weighted by atomic mass is 10.2. The van der Waals surface area contributed by atoms with Crippen LogP contribution >= 0.6 is 11.3 Å². The second-order valence-corrected chi connectivity index (χ2v) is 5.78. The van der Waals surface area contributed by atoms with E-state index in [1.165, 1.54) is 11.6 Å². The third kappa shape index (κ3) is 3.42. The van der Waals surface area contributed by atoms with Gasteiger partial charge in [-0.2, -0.15) is 11.3 Å². The van der Waals surface area contributed by atoms with Crippen LogP contribution in [-0.2, 0) is 6.54 Å². The molecule has 2 aromatic rings. The maximum atomic E-state index is 13.8. The minimum Gasteiger partial charge on any atom is -0.488 e. The highest BCUT2D eigenvalue weighted by Gasteiger charge is 2.13. The fourth-order valence-corrected chi connectivity index (χ4v) is 2.63. The fraction of sp³-hybridized carbons (Fsp3) is 0.333. The molecule has 0 fully saturated rings. The Morgan fingerprint density at radius 1 is 1.40 bits per heavy atom. The van der Waals surface area contributed by atoms with Crippen LogP contribution < -0.4 is 15.4 Å². The lowest BCUT2D eigenvalue weighted by Gasteiger charge is -2.22. The van der Waals surface area contributed by atoms with Crippen molar-refractivity contribution < 1.29 is 9.13 Å². The van der Waals surface area contributed by atoms with Gasteiger partial charge in [0, 0.05) is 25.7 Å². The van der Waals surface area contributed by atoms with Gasteiger partial charge in [-0.3, -0.25) is 0 Å². The summed E-state index contributed by atoms with van der Waals surface area (Å²) in [6.45, 7) is 4.45. The van der Waals surface area contributed by atoms with Gasteiger partial charge in [0.2, 0.25) is 0 Å². The minimum absolute atomic E-state index is 0.0804. The van der Waals surface area contributed by atoms with Crippen molar-refractivity contribution in [2.24, 2.45) is 0 Å². The van der Waals surface area contributed by atoms with Gasteiger partial charge in [-0.1, -0.05) is 0 Å². The lowest BCUT2D eigenvalue weighted by Crippen LogP contribution is -2.18. The number of ether oxygens (including phenoxy) is 1. The molecule has 1 aromatic heterocycles. The van der Waals surface area contributed by atoms with Crippen molar-refractivity contribution >= 4 is 22.7 Å². The van der Waals surface area contributed by atoms with Crippen LogP contribution in [0, 0.1) is 5.82 Å². The van der Waals surface area contributed by atoms with Gasteiger partial charge in [0.05, 0.1) is 17.5 Å². The Morgan fingerprint density at radius 2 is 2.15 bits per heavy atom. The molecule has 0 saturated carbocycles. The van der Waals surface area contributed by atoms with Gasteiger partial charge in [-0.15, -0.1) is 0 Å². The van der Waals surface area contributed by atoms with Crippen molar-refractivity contribution in [1.82, 2.24) is 0 Å². The second-order valence-electron chi connectivity index (χ2n) is 5.00. The quantitative estimate of drug-likeness (QED) is 0.850. The third-order valence-corrected chi connectivity index (χ3v) is 3.59. The van der Waals surface area contributed by atoms with Crippen LogP contribution in [0.25, 0.3) is 0 Å². The molecule has 2 rings (SSSR count). The van der Waals surface area contributed by atoms with Crippen LogP contribution in [0.3, 0.4) is 0 Å². The molecule has 5 heteroatoms. The number of nitrogens with two attached hydrogens (primary N) is 1. The van der Waals surface area contributed by atoms with Crippen molar-refractivity contribution in [3.05, 3.63) is 40.3 Å². The van der Waals surface area contributed by atoms with Gasteiger partial charge in [-0.25, -0.2) is 4.39 Å². The van der Waals surface area contributed by atoms with E-state index >= 15 is 0 Å². The Bertz CT molecular complexity index is 570. The van der Waals surface area contributed by atoms with E-state index in [0.717, 1.165) is 12.2 Å². The SMILES string of the molecule is CC(C)Oc1cc(N(C)Cc2ccsc2)c(N)cc1F. The van der Waals surface area contributed by atoms with Gasteiger partial charge in [-0.05, 0) is 36.2 Å². The molecule has 0 unspecified atom stereocenters.